The van der Waals surface area contributed by atoms with Gasteiger partial charge in [0.2, 0.25) is 0 Å². The van der Waals surface area contributed by atoms with Crippen molar-refractivity contribution in [2.45, 2.75) is 12.5 Å². The molecular formula is C30H50N4O11. The van der Waals surface area contributed by atoms with Crippen molar-refractivity contribution in [1.82, 2.24) is 19.6 Å². The number of aliphatic hydroxyl groups is 1. The first-order chi connectivity index (χ1) is 21.7. The van der Waals surface area contributed by atoms with Gasteiger partial charge in [-0.3, -0.25) is 34.0 Å². The Morgan fingerprint density at radius 3 is 1.73 bits per heavy atom. The average molecular weight is 643 g/mol. The zero-order valence-corrected chi connectivity index (χ0v) is 26.3. The molecule has 0 unspecified atom stereocenters. The molecule has 0 aliphatic carbocycles. The fourth-order valence-corrected chi connectivity index (χ4v) is 5.07. The van der Waals surface area contributed by atoms with Gasteiger partial charge in [-0.05, 0) is 24.1 Å². The summed E-state index contributed by atoms with van der Waals surface area (Å²) >= 11 is 0. The van der Waals surface area contributed by atoms with Gasteiger partial charge in [-0.15, -0.1) is 0 Å². The molecule has 1 aromatic rings. The topological polar surface area (TPSA) is 182 Å². The van der Waals surface area contributed by atoms with Crippen LogP contribution >= 0.6 is 0 Å². The predicted molar refractivity (Wildman–Crippen MR) is 164 cm³/mol. The number of ether oxygens (including phenoxy) is 4. The van der Waals surface area contributed by atoms with E-state index in [-0.39, 0.29) is 32.3 Å². The fraction of sp³-hybridized carbons (Fsp3) is 0.700. The maximum atomic E-state index is 11.8. The summed E-state index contributed by atoms with van der Waals surface area (Å²) in [4.78, 5) is 42.1. The zero-order valence-electron chi connectivity index (χ0n) is 26.3. The van der Waals surface area contributed by atoms with Crippen LogP contribution in [0.2, 0.25) is 0 Å². The van der Waals surface area contributed by atoms with Crippen LogP contribution in [0.5, 0.6) is 5.75 Å². The highest BCUT2D eigenvalue weighted by Crippen LogP contribution is 2.17. The molecule has 4 N–H and O–H groups in total. The molecule has 0 amide bonds. The molecular weight excluding hydrogens is 592 g/mol. The molecule has 0 radical (unpaired) electrons. The van der Waals surface area contributed by atoms with E-state index >= 15 is 0 Å². The van der Waals surface area contributed by atoms with E-state index in [0.717, 1.165) is 5.56 Å². The van der Waals surface area contributed by atoms with Gasteiger partial charge >= 0.3 is 17.9 Å². The number of hydrogen-bond acceptors (Lipinski definition) is 12. The lowest BCUT2D eigenvalue weighted by Gasteiger charge is -2.38. The summed E-state index contributed by atoms with van der Waals surface area (Å²) in [6, 6.07) is 7.41. The van der Waals surface area contributed by atoms with E-state index in [1.807, 2.05) is 24.3 Å². The lowest BCUT2D eigenvalue weighted by atomic mass is 10.0. The summed E-state index contributed by atoms with van der Waals surface area (Å²) < 4.78 is 21.6. The number of nitrogens with zero attached hydrogens (tertiary/aromatic N) is 4. The molecule has 15 nitrogen and oxygen atoms in total. The lowest BCUT2D eigenvalue weighted by Crippen LogP contribution is -2.53. The number of aliphatic hydroxyl groups excluding tert-OH is 1. The summed E-state index contributed by atoms with van der Waals surface area (Å²) in [5, 5.41) is 38.4. The summed E-state index contributed by atoms with van der Waals surface area (Å²) in [7, 11) is 1.62. The van der Waals surface area contributed by atoms with Gasteiger partial charge in [0.25, 0.3) is 0 Å². The highest BCUT2D eigenvalue weighted by atomic mass is 16.6. The SMILES string of the molecule is COCCOCCOCCOc1ccc(C[C@H]2CN(CC(=O)O)CCN(CC(=O)O)CCN(CC(=O)O)CCN2CCO)cc1. The van der Waals surface area contributed by atoms with Gasteiger partial charge < -0.3 is 39.4 Å². The minimum absolute atomic E-state index is 0.116. The van der Waals surface area contributed by atoms with Gasteiger partial charge in [-0.25, -0.2) is 0 Å². The Morgan fingerprint density at radius 2 is 1.20 bits per heavy atom. The third-order valence-corrected chi connectivity index (χ3v) is 7.31. The molecule has 1 aliphatic heterocycles. The number of β-amino-alcohol motifs (C(OH)–C–C–N with tert-alkyl or cyclic N) is 1. The third kappa shape index (κ3) is 17.4. The summed E-state index contributed by atoms with van der Waals surface area (Å²) in [5.41, 5.74) is 0.983. The monoisotopic (exact) mass is 642 g/mol. The molecule has 0 aromatic heterocycles. The van der Waals surface area contributed by atoms with Crippen molar-refractivity contribution < 1.29 is 53.8 Å². The standard InChI is InChI=1S/C30H50N4O11/c1-42-14-15-43-16-17-44-18-19-45-27-4-2-25(3-5-27)20-26-21-33(24-30(40)41)9-8-31(22-28(36)37)6-7-32(23-29(38)39)10-11-34(26)12-13-35/h2-5,26,35H,6-24H2,1H3,(H,36,37)(H,38,39)(H,40,41)/t26-/m0/s1. The van der Waals surface area contributed by atoms with Gasteiger partial charge in [0.15, 0.2) is 0 Å². The number of rotatable bonds is 20. The van der Waals surface area contributed by atoms with Gasteiger partial charge in [-0.2, -0.15) is 0 Å². The second-order valence-corrected chi connectivity index (χ2v) is 10.8. The molecule has 1 atom stereocenters. The largest absolute Gasteiger partial charge is 0.491 e. The van der Waals surface area contributed by atoms with E-state index in [2.05, 4.69) is 4.90 Å². The maximum Gasteiger partial charge on any atom is 0.317 e. The molecule has 0 bridgehead atoms. The smallest absolute Gasteiger partial charge is 0.317 e. The van der Waals surface area contributed by atoms with Gasteiger partial charge in [0.1, 0.15) is 12.4 Å². The van der Waals surface area contributed by atoms with E-state index in [1.165, 1.54) is 0 Å². The first kappa shape index (κ1) is 38.3. The molecule has 1 aliphatic rings. The second kappa shape index (κ2) is 22.6. The first-order valence-corrected chi connectivity index (χ1v) is 15.2. The Hall–Kier alpha value is -2.89. The average Bonchev–Trinajstić information content (AvgIpc) is 2.98. The van der Waals surface area contributed by atoms with E-state index in [0.29, 0.717) is 104 Å². The van der Waals surface area contributed by atoms with Crippen LogP contribution in [-0.4, -0.2) is 189 Å². The number of aliphatic carboxylic acids is 3. The Labute approximate surface area is 264 Å². The highest BCUT2D eigenvalue weighted by molar-refractivity contribution is 5.69. The van der Waals surface area contributed by atoms with Crippen LogP contribution in [0, 0.1) is 0 Å². The van der Waals surface area contributed by atoms with Crippen molar-refractivity contribution in [2.75, 3.05) is 125 Å². The summed E-state index contributed by atoms with van der Waals surface area (Å²) in [6.07, 6.45) is 0.542. The molecule has 1 aromatic carbocycles. The predicted octanol–water partition coefficient (Wildman–Crippen LogP) is -0.876. The van der Waals surface area contributed by atoms with Crippen LogP contribution in [0.25, 0.3) is 0 Å². The molecule has 1 fully saturated rings. The van der Waals surface area contributed by atoms with Crippen LogP contribution in [0.1, 0.15) is 5.56 Å². The molecule has 256 valence electrons. The Bertz CT molecular complexity index is 985. The van der Waals surface area contributed by atoms with Crippen molar-refractivity contribution in [2.24, 2.45) is 0 Å². The molecule has 1 saturated heterocycles. The van der Waals surface area contributed by atoms with Crippen molar-refractivity contribution in [3.8, 4) is 5.75 Å². The third-order valence-electron chi connectivity index (χ3n) is 7.31. The van der Waals surface area contributed by atoms with Gasteiger partial charge in [-0.1, -0.05) is 12.1 Å². The van der Waals surface area contributed by atoms with Crippen molar-refractivity contribution in [1.29, 1.82) is 0 Å². The van der Waals surface area contributed by atoms with E-state index < -0.39 is 17.9 Å². The zero-order chi connectivity index (χ0) is 32.9. The fourth-order valence-electron chi connectivity index (χ4n) is 5.07. The normalized spacial score (nSPS) is 18.2. The molecule has 2 rings (SSSR count). The highest BCUT2D eigenvalue weighted by Gasteiger charge is 2.26. The van der Waals surface area contributed by atoms with Crippen LogP contribution < -0.4 is 4.74 Å². The summed E-state index contributed by atoms with van der Waals surface area (Å²) in [6.45, 7) is 4.83. The Morgan fingerprint density at radius 1 is 0.711 bits per heavy atom. The van der Waals surface area contributed by atoms with Gasteiger partial charge in [0.05, 0.1) is 59.3 Å². The van der Waals surface area contributed by atoms with Crippen molar-refractivity contribution in [3.05, 3.63) is 29.8 Å². The second-order valence-electron chi connectivity index (χ2n) is 10.8. The number of carboxylic acids is 3. The molecule has 1 heterocycles. The minimum Gasteiger partial charge on any atom is -0.491 e. The number of benzene rings is 1. The van der Waals surface area contributed by atoms with Crippen molar-refractivity contribution >= 4 is 17.9 Å². The van der Waals surface area contributed by atoms with Crippen LogP contribution in [0.3, 0.4) is 0 Å². The Kier molecular flexibility index (Phi) is 19.2. The van der Waals surface area contributed by atoms with Crippen LogP contribution in [0.15, 0.2) is 24.3 Å². The molecule has 45 heavy (non-hydrogen) atoms. The maximum absolute atomic E-state index is 11.8. The Balaban J connectivity index is 2.11. The van der Waals surface area contributed by atoms with Crippen LogP contribution in [0.4, 0.5) is 0 Å². The summed E-state index contributed by atoms with van der Waals surface area (Å²) in [5.74, 6) is -2.30. The van der Waals surface area contributed by atoms with E-state index in [4.69, 9.17) is 18.9 Å². The number of hydrogen-bond donors (Lipinski definition) is 4. The molecule has 15 heteroatoms. The molecule has 0 spiro atoms. The van der Waals surface area contributed by atoms with Crippen LogP contribution in [-0.2, 0) is 35.0 Å². The van der Waals surface area contributed by atoms with Crippen molar-refractivity contribution in [3.63, 3.8) is 0 Å². The minimum atomic E-state index is -1.01. The number of carbonyl (C=O) groups is 3. The number of methoxy groups -OCH3 is 1. The number of carboxylic acid groups (broad SMARTS) is 3. The first-order valence-electron chi connectivity index (χ1n) is 15.2. The lowest BCUT2D eigenvalue weighted by molar-refractivity contribution is -0.140. The van der Waals surface area contributed by atoms with E-state index in [9.17, 15) is 34.8 Å². The van der Waals surface area contributed by atoms with E-state index in [1.54, 1.807) is 21.8 Å². The molecule has 0 saturated carbocycles. The quantitative estimate of drug-likeness (QED) is 0.129. The van der Waals surface area contributed by atoms with Gasteiger partial charge in [0, 0.05) is 65.5 Å².